The quantitative estimate of drug-likeness (QED) is 0.902. The highest BCUT2D eigenvalue weighted by atomic mass is 16.5. The molecule has 21 heavy (non-hydrogen) atoms. The van der Waals surface area contributed by atoms with E-state index >= 15 is 0 Å². The maximum atomic E-state index is 12.7. The van der Waals surface area contributed by atoms with E-state index in [0.717, 1.165) is 19.3 Å². The minimum atomic E-state index is -0.00750. The number of amides is 1. The lowest BCUT2D eigenvalue weighted by Crippen LogP contribution is -2.42. The van der Waals surface area contributed by atoms with Gasteiger partial charge in [-0.25, -0.2) is 0 Å². The van der Waals surface area contributed by atoms with Crippen LogP contribution >= 0.6 is 0 Å². The van der Waals surface area contributed by atoms with Gasteiger partial charge in [0.15, 0.2) is 11.5 Å². The average Bonchev–Trinajstić information content (AvgIpc) is 2.52. The van der Waals surface area contributed by atoms with Crippen molar-refractivity contribution in [1.29, 1.82) is 0 Å². The molecular formula is C16H24N2O3. The topological polar surface area (TPSA) is 64.8 Å². The summed E-state index contributed by atoms with van der Waals surface area (Å²) >= 11 is 0. The summed E-state index contributed by atoms with van der Waals surface area (Å²) in [6.45, 7) is 3.99. The molecule has 1 aliphatic heterocycles. The van der Waals surface area contributed by atoms with Crippen LogP contribution in [0.1, 0.15) is 36.5 Å². The first-order valence-electron chi connectivity index (χ1n) is 7.52. The first kappa shape index (κ1) is 15.6. The number of carbonyl (C=O) groups excluding carboxylic acids is 1. The van der Waals surface area contributed by atoms with Gasteiger partial charge in [-0.3, -0.25) is 4.79 Å². The molecule has 1 aliphatic rings. The summed E-state index contributed by atoms with van der Waals surface area (Å²) in [4.78, 5) is 14.6. The third-order valence-corrected chi connectivity index (χ3v) is 3.71. The van der Waals surface area contributed by atoms with Crippen LogP contribution in [0, 0.1) is 0 Å². The molecule has 1 aromatic rings. The number of para-hydroxylation sites is 1. The van der Waals surface area contributed by atoms with Crippen molar-refractivity contribution in [2.75, 3.05) is 26.8 Å². The van der Waals surface area contributed by atoms with Crippen LogP contribution < -0.4 is 15.2 Å². The van der Waals surface area contributed by atoms with Gasteiger partial charge in [0.05, 0.1) is 19.3 Å². The van der Waals surface area contributed by atoms with Crippen LogP contribution in [0.25, 0.3) is 0 Å². The highest BCUT2D eigenvalue weighted by Gasteiger charge is 2.25. The molecule has 1 fully saturated rings. The molecule has 1 aromatic carbocycles. The number of benzene rings is 1. The van der Waals surface area contributed by atoms with Crippen molar-refractivity contribution >= 4 is 5.91 Å². The van der Waals surface area contributed by atoms with Gasteiger partial charge in [0, 0.05) is 19.1 Å². The Morgan fingerprint density at radius 2 is 2.10 bits per heavy atom. The molecule has 116 valence electrons. The fraction of sp³-hybridized carbons (Fsp3) is 0.562. The fourth-order valence-electron chi connectivity index (χ4n) is 2.47. The Morgan fingerprint density at radius 1 is 1.38 bits per heavy atom. The molecule has 1 heterocycles. The molecule has 5 heteroatoms. The van der Waals surface area contributed by atoms with E-state index in [4.69, 9.17) is 15.2 Å². The second-order valence-corrected chi connectivity index (χ2v) is 5.32. The molecule has 0 spiro atoms. The minimum absolute atomic E-state index is 0.00750. The maximum absolute atomic E-state index is 12.7. The highest BCUT2D eigenvalue weighted by molar-refractivity contribution is 5.97. The largest absolute Gasteiger partial charge is 0.493 e. The van der Waals surface area contributed by atoms with Crippen LogP contribution in [0.5, 0.6) is 11.5 Å². The van der Waals surface area contributed by atoms with Crippen LogP contribution in [0.3, 0.4) is 0 Å². The Kier molecular flexibility index (Phi) is 5.44. The minimum Gasteiger partial charge on any atom is -0.493 e. The molecule has 5 nitrogen and oxygen atoms in total. The predicted molar refractivity (Wildman–Crippen MR) is 81.9 cm³/mol. The number of hydrogen-bond acceptors (Lipinski definition) is 4. The van der Waals surface area contributed by atoms with Crippen LogP contribution in [0.15, 0.2) is 18.2 Å². The SMILES string of the molecule is CCCOc1c(OC)cccc1C(=O)N1CCC(N)CC1. The van der Waals surface area contributed by atoms with Crippen LogP contribution in [-0.4, -0.2) is 43.7 Å². The molecule has 0 aliphatic carbocycles. The molecule has 1 amide bonds. The summed E-state index contributed by atoms with van der Waals surface area (Å²) in [7, 11) is 1.59. The average molecular weight is 292 g/mol. The van der Waals surface area contributed by atoms with E-state index in [1.54, 1.807) is 13.2 Å². The zero-order chi connectivity index (χ0) is 15.2. The van der Waals surface area contributed by atoms with Crippen molar-refractivity contribution in [3.05, 3.63) is 23.8 Å². The standard InChI is InChI=1S/C16H24N2O3/c1-3-11-21-15-13(5-4-6-14(15)20-2)16(19)18-9-7-12(17)8-10-18/h4-6,12H,3,7-11,17H2,1-2H3. The number of likely N-dealkylation sites (tertiary alicyclic amines) is 1. The number of nitrogens with zero attached hydrogens (tertiary/aromatic N) is 1. The molecule has 0 bridgehead atoms. The lowest BCUT2D eigenvalue weighted by Gasteiger charge is -2.30. The summed E-state index contributed by atoms with van der Waals surface area (Å²) < 4.78 is 11.1. The number of carbonyl (C=O) groups is 1. The third-order valence-electron chi connectivity index (χ3n) is 3.71. The van der Waals surface area contributed by atoms with Gasteiger partial charge in [0.25, 0.3) is 5.91 Å². The molecule has 0 unspecified atom stereocenters. The van der Waals surface area contributed by atoms with E-state index in [1.165, 1.54) is 0 Å². The van der Waals surface area contributed by atoms with Gasteiger partial charge >= 0.3 is 0 Å². The summed E-state index contributed by atoms with van der Waals surface area (Å²) in [5.74, 6) is 1.14. The molecule has 0 aromatic heterocycles. The number of ether oxygens (including phenoxy) is 2. The van der Waals surface area contributed by atoms with E-state index in [2.05, 4.69) is 0 Å². The predicted octanol–water partition coefficient (Wildman–Crippen LogP) is 2.05. The second-order valence-electron chi connectivity index (χ2n) is 5.32. The Labute approximate surface area is 126 Å². The van der Waals surface area contributed by atoms with E-state index < -0.39 is 0 Å². The Hall–Kier alpha value is -1.75. The van der Waals surface area contributed by atoms with Gasteiger partial charge in [-0.15, -0.1) is 0 Å². The van der Waals surface area contributed by atoms with E-state index in [1.807, 2.05) is 24.0 Å². The normalized spacial score (nSPS) is 15.9. The fourth-order valence-corrected chi connectivity index (χ4v) is 2.47. The van der Waals surface area contributed by atoms with Crippen molar-refractivity contribution in [2.24, 2.45) is 5.73 Å². The van der Waals surface area contributed by atoms with Crippen molar-refractivity contribution in [3.8, 4) is 11.5 Å². The number of nitrogens with two attached hydrogens (primary N) is 1. The maximum Gasteiger partial charge on any atom is 0.257 e. The third kappa shape index (κ3) is 3.67. The van der Waals surface area contributed by atoms with Crippen LogP contribution in [0.2, 0.25) is 0 Å². The van der Waals surface area contributed by atoms with E-state index in [-0.39, 0.29) is 11.9 Å². The zero-order valence-corrected chi connectivity index (χ0v) is 12.8. The van der Waals surface area contributed by atoms with Crippen molar-refractivity contribution in [3.63, 3.8) is 0 Å². The van der Waals surface area contributed by atoms with Gasteiger partial charge in [0.2, 0.25) is 0 Å². The van der Waals surface area contributed by atoms with Crippen molar-refractivity contribution in [1.82, 2.24) is 4.90 Å². The van der Waals surface area contributed by atoms with Crippen molar-refractivity contribution in [2.45, 2.75) is 32.2 Å². The smallest absolute Gasteiger partial charge is 0.257 e. The van der Waals surface area contributed by atoms with Gasteiger partial charge in [-0.1, -0.05) is 13.0 Å². The first-order chi connectivity index (χ1) is 10.2. The molecule has 1 saturated heterocycles. The summed E-state index contributed by atoms with van der Waals surface area (Å²) in [5, 5.41) is 0. The monoisotopic (exact) mass is 292 g/mol. The number of rotatable bonds is 5. The Morgan fingerprint density at radius 3 is 2.71 bits per heavy atom. The number of piperidine rings is 1. The summed E-state index contributed by atoms with van der Waals surface area (Å²) in [6, 6.07) is 5.63. The van der Waals surface area contributed by atoms with Crippen LogP contribution in [-0.2, 0) is 0 Å². The second kappa shape index (κ2) is 7.31. The zero-order valence-electron chi connectivity index (χ0n) is 12.8. The van der Waals surface area contributed by atoms with E-state index in [0.29, 0.717) is 36.8 Å². The molecule has 0 radical (unpaired) electrons. The van der Waals surface area contributed by atoms with Crippen LogP contribution in [0.4, 0.5) is 0 Å². The lowest BCUT2D eigenvalue weighted by molar-refractivity contribution is 0.0709. The number of methoxy groups -OCH3 is 1. The van der Waals surface area contributed by atoms with Gasteiger partial charge in [-0.2, -0.15) is 0 Å². The molecule has 2 rings (SSSR count). The van der Waals surface area contributed by atoms with Crippen molar-refractivity contribution < 1.29 is 14.3 Å². The Bertz CT molecular complexity index is 482. The van der Waals surface area contributed by atoms with Gasteiger partial charge in [0.1, 0.15) is 0 Å². The summed E-state index contributed by atoms with van der Waals surface area (Å²) in [5.41, 5.74) is 6.46. The molecule has 0 saturated carbocycles. The highest BCUT2D eigenvalue weighted by Crippen LogP contribution is 2.32. The van der Waals surface area contributed by atoms with Gasteiger partial charge < -0.3 is 20.1 Å². The molecule has 0 atom stereocenters. The number of hydrogen-bond donors (Lipinski definition) is 1. The van der Waals surface area contributed by atoms with Gasteiger partial charge in [-0.05, 0) is 31.4 Å². The van der Waals surface area contributed by atoms with E-state index in [9.17, 15) is 4.79 Å². The summed E-state index contributed by atoms with van der Waals surface area (Å²) in [6.07, 6.45) is 2.58. The Balaban J connectivity index is 2.23. The first-order valence-corrected chi connectivity index (χ1v) is 7.52. The molecular weight excluding hydrogens is 268 g/mol. The molecule has 2 N–H and O–H groups in total. The lowest BCUT2D eigenvalue weighted by atomic mass is 10.0.